The molecule has 0 unspecified atom stereocenters. The first kappa shape index (κ1) is 6.23. The lowest BCUT2D eigenvalue weighted by atomic mass is 10.0. The Labute approximate surface area is 60.8 Å². The molecule has 10 heavy (non-hydrogen) atoms. The summed E-state index contributed by atoms with van der Waals surface area (Å²) in [5, 5.41) is 0. The van der Waals surface area contributed by atoms with Crippen LogP contribution in [-0.2, 0) is 9.47 Å². The molecule has 2 heterocycles. The molecular formula is C8H12O2. The van der Waals surface area contributed by atoms with Gasteiger partial charge < -0.3 is 9.47 Å². The van der Waals surface area contributed by atoms with Gasteiger partial charge in [0.15, 0.2) is 0 Å². The molecule has 0 aromatic rings. The molecule has 2 rings (SSSR count). The van der Waals surface area contributed by atoms with Crippen molar-refractivity contribution in [2.75, 3.05) is 6.61 Å². The molecule has 0 saturated carbocycles. The number of hydrogen-bond donors (Lipinski definition) is 0. The minimum absolute atomic E-state index is 0.238. The van der Waals surface area contributed by atoms with Crippen molar-refractivity contribution in [3.63, 3.8) is 0 Å². The topological polar surface area (TPSA) is 18.5 Å². The van der Waals surface area contributed by atoms with E-state index in [9.17, 15) is 0 Å². The second-order valence-electron chi connectivity index (χ2n) is 2.91. The lowest BCUT2D eigenvalue weighted by Gasteiger charge is -2.32. The Kier molecular flexibility index (Phi) is 1.42. The molecule has 0 aliphatic carbocycles. The summed E-state index contributed by atoms with van der Waals surface area (Å²) in [6.07, 6.45) is 8.20. The van der Waals surface area contributed by atoms with Gasteiger partial charge in [-0.25, -0.2) is 0 Å². The van der Waals surface area contributed by atoms with Crippen LogP contribution >= 0.6 is 0 Å². The Bertz CT molecular complexity index is 135. The van der Waals surface area contributed by atoms with Crippen LogP contribution in [0.5, 0.6) is 0 Å². The summed E-state index contributed by atoms with van der Waals surface area (Å²) in [5.74, 6) is -0.238. The molecule has 1 atom stereocenters. The zero-order valence-corrected chi connectivity index (χ0v) is 6.01. The van der Waals surface area contributed by atoms with Gasteiger partial charge >= 0.3 is 0 Å². The van der Waals surface area contributed by atoms with Crippen LogP contribution in [-0.4, -0.2) is 12.4 Å². The molecule has 56 valence electrons. The molecule has 2 heteroatoms. The summed E-state index contributed by atoms with van der Waals surface area (Å²) in [4.78, 5) is 0. The van der Waals surface area contributed by atoms with E-state index in [1.54, 1.807) is 6.26 Å². The maximum atomic E-state index is 5.54. The van der Waals surface area contributed by atoms with Gasteiger partial charge in [-0.1, -0.05) is 0 Å². The van der Waals surface area contributed by atoms with Crippen LogP contribution in [0.4, 0.5) is 0 Å². The lowest BCUT2D eigenvalue weighted by molar-refractivity contribution is -0.215. The van der Waals surface area contributed by atoms with Gasteiger partial charge in [0.25, 0.3) is 0 Å². The molecule has 1 spiro atoms. The van der Waals surface area contributed by atoms with Crippen molar-refractivity contribution in [3.05, 3.63) is 12.3 Å². The minimum atomic E-state index is -0.238. The maximum Gasteiger partial charge on any atom is 0.213 e. The normalized spacial score (nSPS) is 38.4. The third kappa shape index (κ3) is 0.926. The van der Waals surface area contributed by atoms with Gasteiger partial charge in [-0.2, -0.15) is 0 Å². The first-order valence-corrected chi connectivity index (χ1v) is 3.88. The molecule has 0 aromatic heterocycles. The average molecular weight is 140 g/mol. The number of ether oxygens (including phenoxy) is 2. The Hall–Kier alpha value is -0.500. The summed E-state index contributed by atoms with van der Waals surface area (Å²) in [5.41, 5.74) is 0. The second kappa shape index (κ2) is 2.27. The summed E-state index contributed by atoms with van der Waals surface area (Å²) in [6.45, 7) is 0.863. The van der Waals surface area contributed by atoms with Gasteiger partial charge in [0.1, 0.15) is 0 Å². The Morgan fingerprint density at radius 2 is 2.30 bits per heavy atom. The first-order valence-electron chi connectivity index (χ1n) is 3.88. The molecule has 0 bridgehead atoms. The zero-order chi connectivity index (χ0) is 6.86. The lowest BCUT2D eigenvalue weighted by Crippen LogP contribution is -2.34. The molecule has 2 aliphatic rings. The summed E-state index contributed by atoms with van der Waals surface area (Å²) in [6, 6.07) is 0. The van der Waals surface area contributed by atoms with Crippen LogP contribution in [0.25, 0.3) is 0 Å². The summed E-state index contributed by atoms with van der Waals surface area (Å²) < 4.78 is 10.9. The molecule has 1 saturated heterocycles. The van der Waals surface area contributed by atoms with E-state index in [-0.39, 0.29) is 5.79 Å². The highest BCUT2D eigenvalue weighted by Crippen LogP contribution is 2.33. The van der Waals surface area contributed by atoms with E-state index in [1.165, 1.54) is 12.8 Å². The molecule has 0 N–H and O–H groups in total. The van der Waals surface area contributed by atoms with Crippen LogP contribution in [0.15, 0.2) is 12.3 Å². The van der Waals surface area contributed by atoms with Gasteiger partial charge in [-0.15, -0.1) is 0 Å². The van der Waals surface area contributed by atoms with E-state index in [4.69, 9.17) is 9.47 Å². The van der Waals surface area contributed by atoms with Gasteiger partial charge in [0.05, 0.1) is 12.9 Å². The van der Waals surface area contributed by atoms with Crippen molar-refractivity contribution in [3.8, 4) is 0 Å². The first-order chi connectivity index (χ1) is 4.91. The highest BCUT2D eigenvalue weighted by Gasteiger charge is 2.35. The number of rotatable bonds is 0. The second-order valence-corrected chi connectivity index (χ2v) is 2.91. The third-order valence-corrected chi connectivity index (χ3v) is 2.13. The van der Waals surface area contributed by atoms with Crippen LogP contribution < -0.4 is 0 Å². The van der Waals surface area contributed by atoms with Crippen molar-refractivity contribution in [2.45, 2.75) is 31.5 Å². The van der Waals surface area contributed by atoms with E-state index in [1.807, 2.05) is 6.08 Å². The van der Waals surface area contributed by atoms with Crippen molar-refractivity contribution in [2.24, 2.45) is 0 Å². The van der Waals surface area contributed by atoms with E-state index >= 15 is 0 Å². The SMILES string of the molecule is C1=CO[C@]2(C1)CCCCO2. The fourth-order valence-corrected chi connectivity index (χ4v) is 1.53. The summed E-state index contributed by atoms with van der Waals surface area (Å²) in [7, 11) is 0. The van der Waals surface area contributed by atoms with Crippen molar-refractivity contribution in [1.82, 2.24) is 0 Å². The Morgan fingerprint density at radius 3 is 2.90 bits per heavy atom. The van der Waals surface area contributed by atoms with E-state index in [2.05, 4.69) is 0 Å². The quantitative estimate of drug-likeness (QED) is 0.511. The van der Waals surface area contributed by atoms with E-state index in [0.29, 0.717) is 0 Å². The van der Waals surface area contributed by atoms with Gasteiger partial charge in [-0.05, 0) is 18.9 Å². The zero-order valence-electron chi connectivity index (χ0n) is 6.01. The third-order valence-electron chi connectivity index (χ3n) is 2.13. The molecule has 0 aromatic carbocycles. The van der Waals surface area contributed by atoms with Gasteiger partial charge in [0.2, 0.25) is 5.79 Å². The highest BCUT2D eigenvalue weighted by molar-refractivity contribution is 4.93. The van der Waals surface area contributed by atoms with Crippen LogP contribution in [0.2, 0.25) is 0 Å². The Morgan fingerprint density at radius 1 is 1.30 bits per heavy atom. The smallest absolute Gasteiger partial charge is 0.213 e. The van der Waals surface area contributed by atoms with Gasteiger partial charge in [0, 0.05) is 12.8 Å². The standard InChI is InChI=1S/C8H12O2/c1-2-6-9-8(4-1)5-3-7-10-8/h3,7H,1-2,4-6H2/t8-/m0/s1. The monoisotopic (exact) mass is 140 g/mol. The molecule has 0 radical (unpaired) electrons. The van der Waals surface area contributed by atoms with E-state index in [0.717, 1.165) is 19.4 Å². The van der Waals surface area contributed by atoms with Crippen molar-refractivity contribution >= 4 is 0 Å². The number of hydrogen-bond acceptors (Lipinski definition) is 2. The fraction of sp³-hybridized carbons (Fsp3) is 0.750. The molecule has 0 amide bonds. The van der Waals surface area contributed by atoms with Crippen LogP contribution in [0.1, 0.15) is 25.7 Å². The van der Waals surface area contributed by atoms with Crippen molar-refractivity contribution < 1.29 is 9.47 Å². The molecular weight excluding hydrogens is 128 g/mol. The minimum Gasteiger partial charge on any atom is -0.470 e. The molecule has 1 fully saturated rings. The Balaban J connectivity index is 2.00. The summed E-state index contributed by atoms with van der Waals surface area (Å²) >= 11 is 0. The maximum absolute atomic E-state index is 5.54. The van der Waals surface area contributed by atoms with Crippen LogP contribution in [0, 0.1) is 0 Å². The largest absolute Gasteiger partial charge is 0.470 e. The van der Waals surface area contributed by atoms with E-state index < -0.39 is 0 Å². The van der Waals surface area contributed by atoms with Crippen molar-refractivity contribution in [1.29, 1.82) is 0 Å². The van der Waals surface area contributed by atoms with Crippen LogP contribution in [0.3, 0.4) is 0 Å². The van der Waals surface area contributed by atoms with Gasteiger partial charge in [-0.3, -0.25) is 0 Å². The molecule has 2 aliphatic heterocycles. The predicted molar refractivity (Wildman–Crippen MR) is 37.4 cm³/mol. The fourth-order valence-electron chi connectivity index (χ4n) is 1.53. The molecule has 2 nitrogen and oxygen atoms in total. The predicted octanol–water partition coefficient (Wildman–Crippen LogP) is 1.82. The average Bonchev–Trinajstić information content (AvgIpc) is 2.39. The highest BCUT2D eigenvalue weighted by atomic mass is 16.7.